The van der Waals surface area contributed by atoms with E-state index in [1.54, 1.807) is 54.6 Å². The number of hydrogen-bond acceptors (Lipinski definition) is 5. The lowest BCUT2D eigenvalue weighted by Gasteiger charge is -2.28. The number of nitrogens with one attached hydrogen (secondary N) is 2. The van der Waals surface area contributed by atoms with Crippen molar-refractivity contribution in [1.29, 1.82) is 0 Å². The Balaban J connectivity index is 1.62. The van der Waals surface area contributed by atoms with Crippen molar-refractivity contribution in [2.24, 2.45) is 5.92 Å². The molecule has 2 atom stereocenters. The van der Waals surface area contributed by atoms with Crippen LogP contribution in [0.15, 0.2) is 60.7 Å². The van der Waals surface area contributed by atoms with Crippen LogP contribution < -0.4 is 10.6 Å². The molecule has 0 bridgehead atoms. The third-order valence-electron chi connectivity index (χ3n) is 6.13. The highest BCUT2D eigenvalue weighted by atomic mass is 19.3. The smallest absolute Gasteiger partial charge is 0.410 e. The minimum absolute atomic E-state index is 0.0158. The quantitative estimate of drug-likeness (QED) is 0.472. The van der Waals surface area contributed by atoms with Gasteiger partial charge in [-0.1, -0.05) is 74.5 Å². The zero-order chi connectivity index (χ0) is 27.0. The highest BCUT2D eigenvalue weighted by molar-refractivity contribution is 6.10. The van der Waals surface area contributed by atoms with Gasteiger partial charge in [0.2, 0.25) is 11.7 Å². The Hall–Kier alpha value is -3.82. The number of ketones is 1. The molecule has 37 heavy (non-hydrogen) atoms. The summed E-state index contributed by atoms with van der Waals surface area (Å²) in [7, 11) is 0. The topological polar surface area (TPSA) is 105 Å². The number of alkyl halides is 2. The zero-order valence-corrected chi connectivity index (χ0v) is 20.8. The molecule has 10 heteroatoms. The molecule has 1 saturated heterocycles. The van der Waals surface area contributed by atoms with Crippen molar-refractivity contribution in [2.75, 3.05) is 6.54 Å². The summed E-state index contributed by atoms with van der Waals surface area (Å²) in [5.41, 5.74) is 1.36. The second-order valence-corrected chi connectivity index (χ2v) is 9.23. The highest BCUT2D eigenvalue weighted by Crippen LogP contribution is 2.23. The molecule has 2 N–H and O–H groups in total. The molecule has 0 aliphatic carbocycles. The first-order valence-corrected chi connectivity index (χ1v) is 12.1. The van der Waals surface area contributed by atoms with Crippen molar-refractivity contribution >= 4 is 23.7 Å². The largest absolute Gasteiger partial charge is 0.445 e. The third kappa shape index (κ3) is 7.12. The van der Waals surface area contributed by atoms with Crippen LogP contribution in [-0.2, 0) is 32.3 Å². The third-order valence-corrected chi connectivity index (χ3v) is 6.13. The van der Waals surface area contributed by atoms with Crippen LogP contribution in [0.5, 0.6) is 0 Å². The van der Waals surface area contributed by atoms with Crippen molar-refractivity contribution < 1.29 is 32.7 Å². The van der Waals surface area contributed by atoms with Crippen LogP contribution in [-0.4, -0.2) is 53.1 Å². The summed E-state index contributed by atoms with van der Waals surface area (Å²) in [5.74, 6) is -9.29. The van der Waals surface area contributed by atoms with Crippen molar-refractivity contribution in [2.45, 2.75) is 57.8 Å². The van der Waals surface area contributed by atoms with E-state index >= 15 is 0 Å². The number of likely N-dealkylation sites (tertiary alicyclic amines) is 1. The van der Waals surface area contributed by atoms with Gasteiger partial charge in [0.25, 0.3) is 5.91 Å². The zero-order valence-electron chi connectivity index (χ0n) is 20.8. The normalized spacial score (nSPS) is 16.2. The Bertz CT molecular complexity index is 1100. The van der Waals surface area contributed by atoms with E-state index in [-0.39, 0.29) is 19.7 Å². The van der Waals surface area contributed by atoms with Gasteiger partial charge in [-0.3, -0.25) is 19.3 Å². The number of carbonyl (C=O) groups excluding carboxylic acids is 4. The average Bonchev–Trinajstić information content (AvgIpc) is 3.40. The number of benzene rings is 2. The fourth-order valence-corrected chi connectivity index (χ4v) is 4.04. The Kier molecular flexibility index (Phi) is 9.32. The molecule has 1 fully saturated rings. The summed E-state index contributed by atoms with van der Waals surface area (Å²) in [6, 6.07) is 14.8. The van der Waals surface area contributed by atoms with Gasteiger partial charge < -0.3 is 15.4 Å². The average molecular weight is 516 g/mol. The summed E-state index contributed by atoms with van der Waals surface area (Å²) >= 11 is 0. The van der Waals surface area contributed by atoms with Gasteiger partial charge >= 0.3 is 12.0 Å². The maximum atomic E-state index is 14.8. The first-order valence-electron chi connectivity index (χ1n) is 12.1. The molecule has 1 aliphatic rings. The lowest BCUT2D eigenvalue weighted by atomic mass is 9.94. The molecule has 3 amide bonds. The lowest BCUT2D eigenvalue weighted by Crippen LogP contribution is -2.58. The summed E-state index contributed by atoms with van der Waals surface area (Å²) in [6.45, 7) is 3.07. The minimum atomic E-state index is -4.36. The maximum absolute atomic E-state index is 14.8. The number of Topliss-reactive ketones (excluding diaryl/α,β-unsaturated/α-hetero) is 1. The first kappa shape index (κ1) is 27.8. The Morgan fingerprint density at radius 1 is 1.00 bits per heavy atom. The van der Waals surface area contributed by atoms with Crippen LogP contribution >= 0.6 is 0 Å². The molecule has 0 spiro atoms. The van der Waals surface area contributed by atoms with Crippen molar-refractivity contribution in [1.82, 2.24) is 15.5 Å². The minimum Gasteiger partial charge on any atom is -0.445 e. The number of carbonyl (C=O) groups is 4. The van der Waals surface area contributed by atoms with Gasteiger partial charge in [-0.15, -0.1) is 0 Å². The molecule has 1 aliphatic heterocycles. The summed E-state index contributed by atoms with van der Waals surface area (Å²) in [5, 5.41) is 4.43. The predicted molar refractivity (Wildman–Crippen MR) is 131 cm³/mol. The van der Waals surface area contributed by atoms with Crippen LogP contribution in [0.2, 0.25) is 0 Å². The van der Waals surface area contributed by atoms with E-state index in [0.29, 0.717) is 18.4 Å². The number of rotatable bonds is 10. The Morgan fingerprint density at radius 2 is 1.59 bits per heavy atom. The van der Waals surface area contributed by atoms with Gasteiger partial charge in [0.05, 0.1) is 6.04 Å². The van der Waals surface area contributed by atoms with Crippen LogP contribution in [0.1, 0.15) is 37.8 Å². The molecule has 3 rings (SSSR count). The molecule has 2 aromatic carbocycles. The summed E-state index contributed by atoms with van der Waals surface area (Å²) in [4.78, 5) is 51.8. The monoisotopic (exact) mass is 515 g/mol. The first-order chi connectivity index (χ1) is 17.6. The fraction of sp³-hybridized carbons (Fsp3) is 0.407. The molecule has 198 valence electrons. The molecule has 1 heterocycles. The SMILES string of the molecule is CC(C)C(NC(=O)C1CCCN1C(=O)OCc1ccccc1)C(=O)C(F)(F)C(=O)NCc1ccccc1. The van der Waals surface area contributed by atoms with Crippen LogP contribution in [0, 0.1) is 5.92 Å². The van der Waals surface area contributed by atoms with E-state index in [2.05, 4.69) is 10.6 Å². The van der Waals surface area contributed by atoms with E-state index in [9.17, 15) is 28.0 Å². The Morgan fingerprint density at radius 3 is 2.19 bits per heavy atom. The van der Waals surface area contributed by atoms with Gasteiger partial charge in [0.15, 0.2) is 0 Å². The van der Waals surface area contributed by atoms with Gasteiger partial charge in [-0.05, 0) is 29.9 Å². The van der Waals surface area contributed by atoms with Crippen LogP contribution in [0.25, 0.3) is 0 Å². The van der Waals surface area contributed by atoms with Crippen LogP contribution in [0.4, 0.5) is 13.6 Å². The lowest BCUT2D eigenvalue weighted by molar-refractivity contribution is -0.161. The van der Waals surface area contributed by atoms with E-state index in [0.717, 1.165) is 5.56 Å². The number of hydrogen-bond donors (Lipinski definition) is 2. The highest BCUT2D eigenvalue weighted by Gasteiger charge is 2.51. The van der Waals surface area contributed by atoms with Crippen molar-refractivity contribution in [3.05, 3.63) is 71.8 Å². The predicted octanol–water partition coefficient (Wildman–Crippen LogP) is 3.45. The molecular formula is C27H31F2N3O5. The second-order valence-electron chi connectivity index (χ2n) is 9.23. The van der Waals surface area contributed by atoms with E-state index < -0.39 is 47.6 Å². The fourth-order valence-electron chi connectivity index (χ4n) is 4.04. The van der Waals surface area contributed by atoms with Crippen LogP contribution in [0.3, 0.4) is 0 Å². The molecule has 2 unspecified atom stereocenters. The van der Waals surface area contributed by atoms with Crippen molar-refractivity contribution in [3.63, 3.8) is 0 Å². The number of nitrogens with zero attached hydrogens (tertiary/aromatic N) is 1. The van der Waals surface area contributed by atoms with Crippen molar-refractivity contribution in [3.8, 4) is 0 Å². The maximum Gasteiger partial charge on any atom is 0.410 e. The second kappa shape index (κ2) is 12.4. The van der Waals surface area contributed by atoms with Gasteiger partial charge in [0.1, 0.15) is 12.6 Å². The molecule has 0 radical (unpaired) electrons. The molecule has 0 saturated carbocycles. The van der Waals surface area contributed by atoms with E-state index in [1.807, 2.05) is 6.07 Å². The number of amides is 3. The van der Waals surface area contributed by atoms with Gasteiger partial charge in [-0.25, -0.2) is 4.79 Å². The molecular weight excluding hydrogens is 484 g/mol. The van der Waals surface area contributed by atoms with Gasteiger partial charge in [0, 0.05) is 13.1 Å². The number of halogens is 2. The number of ether oxygens (including phenoxy) is 1. The van der Waals surface area contributed by atoms with Gasteiger partial charge in [-0.2, -0.15) is 8.78 Å². The molecule has 8 nitrogen and oxygen atoms in total. The standard InChI is InChI=1S/C27H31F2N3O5/c1-18(2)22(23(33)27(28,29)25(35)30-16-19-10-5-3-6-11-19)31-24(34)21-14-9-15-32(21)26(36)37-17-20-12-7-4-8-13-20/h3-8,10-13,18,21-22H,9,14-17H2,1-2H3,(H,30,35)(H,31,34). The van der Waals surface area contributed by atoms with E-state index in [4.69, 9.17) is 4.74 Å². The summed E-state index contributed by atoms with van der Waals surface area (Å²) in [6.07, 6.45) is 0.0929. The molecule has 2 aromatic rings. The molecule has 0 aromatic heterocycles. The summed E-state index contributed by atoms with van der Waals surface area (Å²) < 4.78 is 34.9. The Labute approximate surface area is 214 Å². The van der Waals surface area contributed by atoms with E-state index in [1.165, 1.54) is 18.7 Å².